The normalized spacial score (nSPS) is 10.2. The summed E-state index contributed by atoms with van der Waals surface area (Å²) in [6, 6.07) is 1.82. The molecule has 0 aliphatic carbocycles. The Morgan fingerprint density at radius 3 is 3.08 bits per heavy atom. The molecule has 0 fully saturated rings. The van der Waals surface area contributed by atoms with Crippen molar-refractivity contribution in [2.75, 3.05) is 0 Å². The number of fused-ring (bicyclic) bond motifs is 1. The molecule has 0 aromatic carbocycles. The quantitative estimate of drug-likeness (QED) is 0.607. The Morgan fingerprint density at radius 1 is 1.62 bits per heavy atom. The highest BCUT2D eigenvalue weighted by Crippen LogP contribution is 2.07. The minimum atomic E-state index is -0.275. The van der Waals surface area contributed by atoms with E-state index in [-0.39, 0.29) is 11.0 Å². The van der Waals surface area contributed by atoms with Gasteiger partial charge >= 0.3 is 0 Å². The van der Waals surface area contributed by atoms with Gasteiger partial charge in [0.2, 0.25) is 5.43 Å². The van der Waals surface area contributed by atoms with E-state index in [2.05, 4.69) is 15.2 Å². The Morgan fingerprint density at radius 2 is 2.38 bits per heavy atom. The molecule has 0 amide bonds. The average Bonchev–Trinajstić information content (AvgIpc) is 2.49. The number of nitriles is 1. The second kappa shape index (κ2) is 2.45. The maximum absolute atomic E-state index is 11.5. The lowest BCUT2D eigenvalue weighted by Crippen LogP contribution is -2.06. The lowest BCUT2D eigenvalue weighted by atomic mass is 10.2. The van der Waals surface area contributed by atoms with Gasteiger partial charge in [0.05, 0.1) is 5.39 Å². The maximum Gasteiger partial charge on any atom is 0.210 e. The Labute approximate surface area is 73.0 Å². The molecule has 0 bridgehead atoms. The molecular weight excluding hydrogens is 168 g/mol. The van der Waals surface area contributed by atoms with E-state index in [9.17, 15) is 4.79 Å². The fraction of sp³-hybridized carbons (Fsp3) is 0.125. The van der Waals surface area contributed by atoms with Crippen LogP contribution in [0.4, 0.5) is 0 Å². The second-order valence-corrected chi connectivity index (χ2v) is 2.72. The molecule has 0 aliphatic heterocycles. The van der Waals surface area contributed by atoms with Crippen molar-refractivity contribution in [1.82, 2.24) is 15.2 Å². The highest BCUT2D eigenvalue weighted by molar-refractivity contribution is 5.78. The molecule has 0 atom stereocenters. The van der Waals surface area contributed by atoms with Gasteiger partial charge in [-0.2, -0.15) is 10.4 Å². The third-order valence-corrected chi connectivity index (χ3v) is 1.89. The van der Waals surface area contributed by atoms with E-state index in [1.807, 2.05) is 6.07 Å². The lowest BCUT2D eigenvalue weighted by molar-refractivity contribution is 1.05. The van der Waals surface area contributed by atoms with Crippen molar-refractivity contribution >= 4 is 11.0 Å². The molecule has 2 N–H and O–H groups in total. The molecule has 0 spiro atoms. The Kier molecular flexibility index (Phi) is 1.43. The van der Waals surface area contributed by atoms with E-state index in [1.54, 1.807) is 6.92 Å². The van der Waals surface area contributed by atoms with Gasteiger partial charge in [-0.15, -0.1) is 0 Å². The molecule has 5 heteroatoms. The summed E-state index contributed by atoms with van der Waals surface area (Å²) < 4.78 is 0. The highest BCUT2D eigenvalue weighted by Gasteiger charge is 2.08. The Balaban J connectivity index is 3.03. The number of rotatable bonds is 0. The number of pyridine rings is 1. The van der Waals surface area contributed by atoms with Crippen molar-refractivity contribution in [1.29, 1.82) is 5.26 Å². The summed E-state index contributed by atoms with van der Waals surface area (Å²) in [6.45, 7) is 1.74. The molecule has 2 aromatic rings. The van der Waals surface area contributed by atoms with Crippen molar-refractivity contribution < 1.29 is 0 Å². The Hall–Kier alpha value is -2.09. The number of hydrogen-bond acceptors (Lipinski definition) is 3. The molecule has 64 valence electrons. The van der Waals surface area contributed by atoms with E-state index in [4.69, 9.17) is 5.26 Å². The third kappa shape index (κ3) is 0.924. The molecule has 0 aliphatic rings. The number of nitrogens with one attached hydrogen (secondary N) is 2. The molecule has 2 aromatic heterocycles. The van der Waals surface area contributed by atoms with Gasteiger partial charge in [-0.05, 0) is 6.92 Å². The van der Waals surface area contributed by atoms with Crippen molar-refractivity contribution in [3.05, 3.63) is 27.7 Å². The first kappa shape index (κ1) is 7.55. The number of hydrogen-bond donors (Lipinski definition) is 2. The third-order valence-electron chi connectivity index (χ3n) is 1.89. The summed E-state index contributed by atoms with van der Waals surface area (Å²) in [5.74, 6) is 0. The zero-order valence-corrected chi connectivity index (χ0v) is 6.88. The topological polar surface area (TPSA) is 85.3 Å². The van der Waals surface area contributed by atoms with Crippen LogP contribution in [0.25, 0.3) is 11.0 Å². The van der Waals surface area contributed by atoms with Crippen LogP contribution in [0.5, 0.6) is 0 Å². The van der Waals surface area contributed by atoms with E-state index in [0.717, 1.165) is 0 Å². The minimum Gasteiger partial charge on any atom is -0.343 e. The number of H-pyrrole nitrogens is 2. The van der Waals surface area contributed by atoms with Crippen LogP contribution in [0.2, 0.25) is 0 Å². The summed E-state index contributed by atoms with van der Waals surface area (Å²) in [6.07, 6.45) is 1.37. The largest absolute Gasteiger partial charge is 0.343 e. The highest BCUT2D eigenvalue weighted by atomic mass is 16.1. The SMILES string of the molecule is Cc1[nH]nc2[nH]cc(C#N)c(=O)c12. The van der Waals surface area contributed by atoms with Gasteiger partial charge in [0.15, 0.2) is 5.65 Å². The van der Waals surface area contributed by atoms with Crippen molar-refractivity contribution in [2.45, 2.75) is 6.92 Å². The van der Waals surface area contributed by atoms with Gasteiger partial charge in [0.25, 0.3) is 0 Å². The van der Waals surface area contributed by atoms with Crippen LogP contribution in [-0.2, 0) is 0 Å². The number of aryl methyl sites for hydroxylation is 1. The van der Waals surface area contributed by atoms with Crippen LogP contribution in [0.15, 0.2) is 11.0 Å². The summed E-state index contributed by atoms with van der Waals surface area (Å²) in [5, 5.41) is 15.6. The summed E-state index contributed by atoms with van der Waals surface area (Å²) in [4.78, 5) is 14.3. The number of aromatic amines is 2. The summed E-state index contributed by atoms with van der Waals surface area (Å²) >= 11 is 0. The van der Waals surface area contributed by atoms with Gasteiger partial charge in [-0.1, -0.05) is 0 Å². The van der Waals surface area contributed by atoms with Crippen molar-refractivity contribution in [2.24, 2.45) is 0 Å². The second-order valence-electron chi connectivity index (χ2n) is 2.72. The Bertz CT molecular complexity index is 558. The van der Waals surface area contributed by atoms with E-state index >= 15 is 0 Å². The molecule has 2 heterocycles. The number of nitrogens with zero attached hydrogens (tertiary/aromatic N) is 2. The zero-order chi connectivity index (χ0) is 9.42. The molecule has 13 heavy (non-hydrogen) atoms. The zero-order valence-electron chi connectivity index (χ0n) is 6.88. The summed E-state index contributed by atoms with van der Waals surface area (Å²) in [5.41, 5.74) is 0.995. The smallest absolute Gasteiger partial charge is 0.210 e. The monoisotopic (exact) mass is 174 g/mol. The minimum absolute atomic E-state index is 0.108. The molecule has 0 radical (unpaired) electrons. The summed E-state index contributed by atoms with van der Waals surface area (Å²) in [7, 11) is 0. The molecule has 5 nitrogen and oxygen atoms in total. The first-order valence-corrected chi connectivity index (χ1v) is 3.70. The van der Waals surface area contributed by atoms with Crippen LogP contribution in [0.1, 0.15) is 11.3 Å². The first-order valence-electron chi connectivity index (χ1n) is 3.70. The maximum atomic E-state index is 11.5. The fourth-order valence-corrected chi connectivity index (χ4v) is 1.24. The van der Waals surface area contributed by atoms with Crippen molar-refractivity contribution in [3.63, 3.8) is 0 Å². The van der Waals surface area contributed by atoms with Gasteiger partial charge in [-0.3, -0.25) is 9.89 Å². The predicted octanol–water partition coefficient (Wildman–Crippen LogP) is 0.431. The lowest BCUT2D eigenvalue weighted by Gasteiger charge is -1.89. The van der Waals surface area contributed by atoms with Crippen LogP contribution in [0, 0.1) is 18.3 Å². The van der Waals surface area contributed by atoms with Crippen LogP contribution in [-0.4, -0.2) is 15.2 Å². The van der Waals surface area contributed by atoms with Gasteiger partial charge < -0.3 is 4.98 Å². The molecule has 0 saturated heterocycles. The molecule has 2 rings (SSSR count). The van der Waals surface area contributed by atoms with Gasteiger partial charge in [0, 0.05) is 11.9 Å². The van der Waals surface area contributed by atoms with Crippen LogP contribution < -0.4 is 5.43 Å². The van der Waals surface area contributed by atoms with E-state index in [1.165, 1.54) is 6.20 Å². The fourth-order valence-electron chi connectivity index (χ4n) is 1.24. The predicted molar refractivity (Wildman–Crippen MR) is 46.2 cm³/mol. The van der Waals surface area contributed by atoms with Crippen LogP contribution in [0.3, 0.4) is 0 Å². The number of aromatic nitrogens is 3. The first-order chi connectivity index (χ1) is 6.24. The molecule has 0 unspecified atom stereocenters. The molecule has 0 saturated carbocycles. The standard InChI is InChI=1S/C8H6N4O/c1-4-6-7(13)5(2-9)3-10-8(6)12-11-4/h3H,1H3,(H2,10,11,12,13). The molecular formula is C8H6N4O. The van der Waals surface area contributed by atoms with Gasteiger partial charge in [0.1, 0.15) is 11.6 Å². The average molecular weight is 174 g/mol. The van der Waals surface area contributed by atoms with E-state index in [0.29, 0.717) is 16.7 Å². The van der Waals surface area contributed by atoms with E-state index < -0.39 is 0 Å². The van der Waals surface area contributed by atoms with Crippen LogP contribution >= 0.6 is 0 Å². The van der Waals surface area contributed by atoms with Gasteiger partial charge in [-0.25, -0.2) is 0 Å². The van der Waals surface area contributed by atoms with Crippen molar-refractivity contribution in [3.8, 4) is 6.07 Å².